The molecule has 0 saturated carbocycles. The zero-order valence-corrected chi connectivity index (χ0v) is 19.4. The van der Waals surface area contributed by atoms with E-state index >= 15 is 0 Å². The fourth-order valence-electron chi connectivity index (χ4n) is 2.47. The average molecular weight is 487 g/mol. The van der Waals surface area contributed by atoms with E-state index in [2.05, 4.69) is 77.7 Å². The number of aryl methyl sites for hydroxylation is 2. The minimum Gasteiger partial charge on any atom is -0.356 e. The quantitative estimate of drug-likeness (QED) is 0.358. The lowest BCUT2D eigenvalue weighted by Crippen LogP contribution is -2.37. The van der Waals surface area contributed by atoms with Gasteiger partial charge in [0.1, 0.15) is 0 Å². The highest BCUT2D eigenvalue weighted by Crippen LogP contribution is 2.16. The number of benzene rings is 1. The second kappa shape index (κ2) is 11.5. The maximum absolute atomic E-state index is 4.57. The topological polar surface area (TPSA) is 52.6 Å². The van der Waals surface area contributed by atoms with Gasteiger partial charge in [0.25, 0.3) is 0 Å². The molecule has 7 heteroatoms. The molecule has 26 heavy (non-hydrogen) atoms. The first-order valence-electron chi connectivity index (χ1n) is 8.58. The zero-order valence-electron chi connectivity index (χ0n) is 16.3. The van der Waals surface area contributed by atoms with Crippen molar-refractivity contribution in [2.75, 3.05) is 27.7 Å². The van der Waals surface area contributed by atoms with Crippen LogP contribution in [0.4, 0.5) is 0 Å². The number of hydrogen-bond acceptors (Lipinski definition) is 4. The van der Waals surface area contributed by atoms with Gasteiger partial charge in [-0.2, -0.15) is 0 Å². The predicted molar refractivity (Wildman–Crippen MR) is 123 cm³/mol. The monoisotopic (exact) mass is 487 g/mol. The Morgan fingerprint density at radius 3 is 2.31 bits per heavy atom. The summed E-state index contributed by atoms with van der Waals surface area (Å²) in [6.07, 6.45) is 0.916. The molecule has 0 spiro atoms. The first-order chi connectivity index (χ1) is 12.0. The molecule has 0 bridgehead atoms. The molecule has 0 radical (unpaired) electrons. The minimum atomic E-state index is 0. The highest BCUT2D eigenvalue weighted by molar-refractivity contribution is 14.0. The van der Waals surface area contributed by atoms with Crippen LogP contribution >= 0.6 is 35.3 Å². The lowest BCUT2D eigenvalue weighted by molar-refractivity contribution is 0.402. The number of aliphatic imine (C=N–C) groups is 1. The van der Waals surface area contributed by atoms with Gasteiger partial charge in [-0.25, -0.2) is 4.98 Å². The molecule has 0 amide bonds. The van der Waals surface area contributed by atoms with E-state index < -0.39 is 0 Å². The first kappa shape index (κ1) is 22.9. The summed E-state index contributed by atoms with van der Waals surface area (Å²) < 4.78 is 0. The number of hydrogen-bond donors (Lipinski definition) is 2. The maximum Gasteiger partial charge on any atom is 0.191 e. The predicted octanol–water partition coefficient (Wildman–Crippen LogP) is 3.35. The van der Waals surface area contributed by atoms with Gasteiger partial charge in [0.2, 0.25) is 0 Å². The Hall–Kier alpha value is -1.19. The summed E-state index contributed by atoms with van der Waals surface area (Å²) in [5, 5.41) is 7.89. The summed E-state index contributed by atoms with van der Waals surface area (Å²) in [5.74, 6) is 0.822. The maximum atomic E-state index is 4.57. The molecular weight excluding hydrogens is 457 g/mol. The molecule has 0 aliphatic rings. The number of aromatic nitrogens is 1. The van der Waals surface area contributed by atoms with Crippen LogP contribution in [-0.4, -0.2) is 43.5 Å². The van der Waals surface area contributed by atoms with Crippen molar-refractivity contribution in [2.24, 2.45) is 4.99 Å². The average Bonchev–Trinajstić information content (AvgIpc) is 2.89. The Kier molecular flexibility index (Phi) is 10.1. The SMILES string of the molecule is CN=C(NCCc1nc(C)c(C)s1)NCc1ccc(CN(C)C)cc1.I. The summed E-state index contributed by atoms with van der Waals surface area (Å²) >= 11 is 1.77. The second-order valence-corrected chi connectivity index (χ2v) is 7.69. The van der Waals surface area contributed by atoms with Gasteiger partial charge in [-0.05, 0) is 39.1 Å². The Labute approximate surface area is 178 Å². The van der Waals surface area contributed by atoms with E-state index in [1.165, 1.54) is 21.0 Å². The molecular formula is C19H30IN5S. The summed E-state index contributed by atoms with van der Waals surface area (Å²) in [4.78, 5) is 12.3. The summed E-state index contributed by atoms with van der Waals surface area (Å²) in [5.41, 5.74) is 3.71. The van der Waals surface area contributed by atoms with Crippen LogP contribution in [0.1, 0.15) is 26.7 Å². The summed E-state index contributed by atoms with van der Waals surface area (Å²) in [6.45, 7) is 6.74. The van der Waals surface area contributed by atoms with Crippen LogP contribution in [-0.2, 0) is 19.5 Å². The minimum absolute atomic E-state index is 0. The number of thiazole rings is 1. The number of guanidine groups is 1. The highest BCUT2D eigenvalue weighted by atomic mass is 127. The Morgan fingerprint density at radius 2 is 1.77 bits per heavy atom. The molecule has 2 N–H and O–H groups in total. The molecule has 0 unspecified atom stereocenters. The molecule has 0 aliphatic heterocycles. The van der Waals surface area contributed by atoms with Crippen LogP contribution in [0.15, 0.2) is 29.3 Å². The van der Waals surface area contributed by atoms with Crippen molar-refractivity contribution < 1.29 is 0 Å². The fraction of sp³-hybridized carbons (Fsp3) is 0.474. The van der Waals surface area contributed by atoms with Crippen LogP contribution in [0.25, 0.3) is 0 Å². The standard InChI is InChI=1S/C19H29N5S.HI/c1-14-15(2)25-18(23-14)10-11-21-19(20-3)22-12-16-6-8-17(9-7-16)13-24(4)5;/h6-9H,10-13H2,1-5H3,(H2,20,21,22);1H. The molecule has 0 fully saturated rings. The van der Waals surface area contributed by atoms with Crippen molar-refractivity contribution in [2.45, 2.75) is 33.4 Å². The Balaban J connectivity index is 0.00000338. The van der Waals surface area contributed by atoms with Gasteiger partial charge in [-0.15, -0.1) is 35.3 Å². The molecule has 5 nitrogen and oxygen atoms in total. The lowest BCUT2D eigenvalue weighted by Gasteiger charge is -2.13. The van der Waals surface area contributed by atoms with E-state index in [0.29, 0.717) is 0 Å². The van der Waals surface area contributed by atoms with Gasteiger partial charge < -0.3 is 15.5 Å². The second-order valence-electron chi connectivity index (χ2n) is 6.41. The number of halogens is 1. The number of rotatable bonds is 7. The van der Waals surface area contributed by atoms with Crippen molar-refractivity contribution in [3.63, 3.8) is 0 Å². The van der Waals surface area contributed by atoms with E-state index in [0.717, 1.165) is 37.7 Å². The summed E-state index contributed by atoms with van der Waals surface area (Å²) in [6, 6.07) is 8.70. The third kappa shape index (κ3) is 7.59. The van der Waals surface area contributed by atoms with Gasteiger partial charge >= 0.3 is 0 Å². The van der Waals surface area contributed by atoms with Crippen molar-refractivity contribution in [3.05, 3.63) is 51.0 Å². The third-order valence-electron chi connectivity index (χ3n) is 3.91. The van der Waals surface area contributed by atoms with Gasteiger partial charge in [0.15, 0.2) is 5.96 Å². The lowest BCUT2D eigenvalue weighted by atomic mass is 10.1. The van der Waals surface area contributed by atoms with Crippen LogP contribution in [0.3, 0.4) is 0 Å². The summed E-state index contributed by atoms with van der Waals surface area (Å²) in [7, 11) is 5.96. The number of nitrogens with zero attached hydrogens (tertiary/aromatic N) is 3. The normalized spacial score (nSPS) is 11.4. The molecule has 1 heterocycles. The van der Waals surface area contributed by atoms with E-state index in [1.54, 1.807) is 18.4 Å². The Bertz CT molecular complexity index is 675. The molecule has 0 aliphatic carbocycles. The highest BCUT2D eigenvalue weighted by Gasteiger charge is 2.04. The van der Waals surface area contributed by atoms with Crippen LogP contribution in [0.5, 0.6) is 0 Å². The largest absolute Gasteiger partial charge is 0.356 e. The van der Waals surface area contributed by atoms with Crippen molar-refractivity contribution in [1.29, 1.82) is 0 Å². The zero-order chi connectivity index (χ0) is 18.2. The molecule has 2 aromatic rings. The van der Waals surface area contributed by atoms with E-state index in [4.69, 9.17) is 0 Å². The van der Waals surface area contributed by atoms with Crippen molar-refractivity contribution >= 4 is 41.3 Å². The van der Waals surface area contributed by atoms with Crippen LogP contribution in [0.2, 0.25) is 0 Å². The molecule has 0 saturated heterocycles. The molecule has 144 valence electrons. The van der Waals surface area contributed by atoms with Crippen molar-refractivity contribution in [1.82, 2.24) is 20.5 Å². The third-order valence-corrected chi connectivity index (χ3v) is 5.04. The fourth-order valence-corrected chi connectivity index (χ4v) is 3.40. The van der Waals surface area contributed by atoms with Gasteiger partial charge in [-0.3, -0.25) is 4.99 Å². The number of nitrogens with one attached hydrogen (secondary N) is 2. The van der Waals surface area contributed by atoms with E-state index in [1.807, 2.05) is 0 Å². The van der Waals surface area contributed by atoms with Gasteiger partial charge in [-0.1, -0.05) is 24.3 Å². The van der Waals surface area contributed by atoms with Gasteiger partial charge in [0, 0.05) is 38.0 Å². The smallest absolute Gasteiger partial charge is 0.191 e. The van der Waals surface area contributed by atoms with Crippen LogP contribution in [0, 0.1) is 13.8 Å². The van der Waals surface area contributed by atoms with E-state index in [-0.39, 0.29) is 24.0 Å². The van der Waals surface area contributed by atoms with Crippen LogP contribution < -0.4 is 10.6 Å². The molecule has 0 atom stereocenters. The first-order valence-corrected chi connectivity index (χ1v) is 9.39. The molecule has 1 aromatic carbocycles. The Morgan fingerprint density at radius 1 is 1.12 bits per heavy atom. The molecule has 2 rings (SSSR count). The van der Waals surface area contributed by atoms with Crippen molar-refractivity contribution in [3.8, 4) is 0 Å². The van der Waals surface area contributed by atoms with Gasteiger partial charge in [0.05, 0.1) is 10.7 Å². The van der Waals surface area contributed by atoms with E-state index in [9.17, 15) is 0 Å². The molecule has 1 aromatic heterocycles.